The first kappa shape index (κ1) is 18.3. The summed E-state index contributed by atoms with van der Waals surface area (Å²) in [6, 6.07) is 2.82. The summed E-state index contributed by atoms with van der Waals surface area (Å²) in [6.45, 7) is 7.88. The van der Waals surface area contributed by atoms with Crippen LogP contribution in [0, 0.1) is 6.92 Å². The molecule has 4 nitrogen and oxygen atoms in total. The molecule has 21 heavy (non-hydrogen) atoms. The maximum Gasteiger partial charge on any atom is 0.261 e. The topological polar surface area (TPSA) is 54.5 Å². The summed E-state index contributed by atoms with van der Waals surface area (Å²) in [5.41, 5.74) is 0.571. The summed E-state index contributed by atoms with van der Waals surface area (Å²) in [6.07, 6.45) is 0.805. The van der Waals surface area contributed by atoms with Crippen molar-refractivity contribution in [2.45, 2.75) is 45.1 Å². The molecule has 1 unspecified atom stereocenters. The molecule has 0 radical (unpaired) electrons. The number of halogens is 2. The molecule has 0 aliphatic rings. The van der Waals surface area contributed by atoms with Crippen LogP contribution >= 0.6 is 22.3 Å². The summed E-state index contributed by atoms with van der Waals surface area (Å²) in [4.78, 5) is 14.1. The molecule has 0 N–H and O–H groups in total. The van der Waals surface area contributed by atoms with Crippen LogP contribution in [0.25, 0.3) is 0 Å². The van der Waals surface area contributed by atoms with Gasteiger partial charge in [-0.15, -0.1) is 0 Å². The molecule has 1 aromatic rings. The predicted octanol–water partition coefficient (Wildman–Crippen LogP) is 3.84. The number of carbonyl (C=O) groups is 1. The molecule has 1 rings (SSSR count). The molecular weight excluding hydrogens is 333 g/mol. The first-order valence-corrected chi connectivity index (χ1v) is 9.37. The van der Waals surface area contributed by atoms with Gasteiger partial charge in [-0.2, -0.15) is 0 Å². The standard InChI is InChI=1S/C14H19Cl2NO3S/c1-5-9(3)17(6-2)14(18)11-7-12(15)10(4)13(8-11)21(16,19)20/h7-9H,5-6H2,1-4H3. The molecule has 0 bridgehead atoms. The summed E-state index contributed by atoms with van der Waals surface area (Å²) in [7, 11) is 1.45. The zero-order valence-corrected chi connectivity index (χ0v) is 14.8. The molecule has 0 spiro atoms. The van der Waals surface area contributed by atoms with E-state index in [2.05, 4.69) is 0 Å². The average Bonchev–Trinajstić information content (AvgIpc) is 2.40. The Morgan fingerprint density at radius 3 is 2.33 bits per heavy atom. The van der Waals surface area contributed by atoms with Crippen LogP contribution < -0.4 is 0 Å². The van der Waals surface area contributed by atoms with Gasteiger partial charge in [0.05, 0.1) is 4.90 Å². The van der Waals surface area contributed by atoms with Crippen LogP contribution in [0.4, 0.5) is 0 Å². The van der Waals surface area contributed by atoms with Gasteiger partial charge in [0.2, 0.25) is 0 Å². The van der Waals surface area contributed by atoms with Crippen LogP contribution in [0.15, 0.2) is 17.0 Å². The van der Waals surface area contributed by atoms with Gasteiger partial charge in [0.15, 0.2) is 0 Å². The number of hydrogen-bond acceptors (Lipinski definition) is 3. The Morgan fingerprint density at radius 2 is 1.90 bits per heavy atom. The Labute approximate surface area is 135 Å². The van der Waals surface area contributed by atoms with Gasteiger partial charge in [-0.3, -0.25) is 4.79 Å². The molecule has 0 aliphatic heterocycles. The quantitative estimate of drug-likeness (QED) is 0.757. The number of hydrogen-bond donors (Lipinski definition) is 0. The van der Waals surface area contributed by atoms with E-state index in [0.29, 0.717) is 12.1 Å². The Hall–Kier alpha value is -0.780. The highest BCUT2D eigenvalue weighted by molar-refractivity contribution is 8.13. The smallest absolute Gasteiger partial charge is 0.261 e. The van der Waals surface area contributed by atoms with Crippen molar-refractivity contribution in [1.29, 1.82) is 0 Å². The van der Waals surface area contributed by atoms with Gasteiger partial charge < -0.3 is 4.90 Å². The van der Waals surface area contributed by atoms with E-state index in [1.165, 1.54) is 12.1 Å². The van der Waals surface area contributed by atoms with Gasteiger partial charge in [0, 0.05) is 33.9 Å². The molecular formula is C14H19Cl2NO3S. The fraction of sp³-hybridized carbons (Fsp3) is 0.500. The maximum absolute atomic E-state index is 12.5. The van der Waals surface area contributed by atoms with E-state index in [0.717, 1.165) is 6.42 Å². The van der Waals surface area contributed by atoms with Crippen molar-refractivity contribution in [1.82, 2.24) is 4.90 Å². The average molecular weight is 352 g/mol. The molecule has 7 heteroatoms. The van der Waals surface area contributed by atoms with Crippen LogP contribution in [0.1, 0.15) is 43.1 Å². The van der Waals surface area contributed by atoms with Crippen molar-refractivity contribution in [3.63, 3.8) is 0 Å². The number of nitrogens with zero attached hydrogens (tertiary/aromatic N) is 1. The minimum absolute atomic E-state index is 0.0543. The molecule has 0 saturated heterocycles. The third-order valence-electron chi connectivity index (χ3n) is 3.53. The highest BCUT2D eigenvalue weighted by Crippen LogP contribution is 2.28. The van der Waals surface area contributed by atoms with Crippen LogP contribution in [-0.4, -0.2) is 31.8 Å². The second-order valence-electron chi connectivity index (χ2n) is 4.87. The van der Waals surface area contributed by atoms with Crippen molar-refractivity contribution in [3.8, 4) is 0 Å². The first-order chi connectivity index (χ1) is 9.63. The second-order valence-corrected chi connectivity index (χ2v) is 7.81. The molecule has 0 aliphatic carbocycles. The Morgan fingerprint density at radius 1 is 1.33 bits per heavy atom. The van der Waals surface area contributed by atoms with E-state index in [4.69, 9.17) is 22.3 Å². The van der Waals surface area contributed by atoms with Gasteiger partial charge >= 0.3 is 0 Å². The highest BCUT2D eigenvalue weighted by Gasteiger charge is 2.23. The van der Waals surface area contributed by atoms with E-state index in [1.54, 1.807) is 11.8 Å². The lowest BCUT2D eigenvalue weighted by Gasteiger charge is -2.27. The van der Waals surface area contributed by atoms with Crippen molar-refractivity contribution in [2.75, 3.05) is 6.54 Å². The first-order valence-electron chi connectivity index (χ1n) is 6.69. The van der Waals surface area contributed by atoms with E-state index in [-0.39, 0.29) is 27.4 Å². The molecule has 0 heterocycles. The zero-order valence-electron chi connectivity index (χ0n) is 12.5. The number of benzene rings is 1. The molecule has 0 saturated carbocycles. The SMILES string of the molecule is CCC(C)N(CC)C(=O)c1cc(Cl)c(C)c(S(=O)(=O)Cl)c1. The highest BCUT2D eigenvalue weighted by atomic mass is 35.7. The van der Waals surface area contributed by atoms with Crippen LogP contribution in [0.2, 0.25) is 5.02 Å². The van der Waals surface area contributed by atoms with E-state index in [9.17, 15) is 13.2 Å². The molecule has 1 atom stereocenters. The number of carbonyl (C=O) groups excluding carboxylic acids is 1. The Balaban J connectivity index is 3.38. The van der Waals surface area contributed by atoms with Gasteiger partial charge in [0.25, 0.3) is 15.0 Å². The van der Waals surface area contributed by atoms with E-state index in [1.807, 2.05) is 20.8 Å². The van der Waals surface area contributed by atoms with E-state index >= 15 is 0 Å². The van der Waals surface area contributed by atoms with Gasteiger partial charge in [-0.25, -0.2) is 8.42 Å². The van der Waals surface area contributed by atoms with Gasteiger partial charge in [-0.05, 0) is 44.9 Å². The Kier molecular flexibility index (Phi) is 6.08. The van der Waals surface area contributed by atoms with Crippen LogP contribution in [-0.2, 0) is 9.05 Å². The molecule has 0 fully saturated rings. The minimum Gasteiger partial charge on any atom is -0.336 e. The lowest BCUT2D eigenvalue weighted by molar-refractivity contribution is 0.0699. The summed E-state index contributed by atoms with van der Waals surface area (Å²) in [5, 5.41) is 0.209. The third-order valence-corrected chi connectivity index (χ3v) is 5.37. The zero-order chi connectivity index (χ0) is 16.4. The molecule has 1 amide bonds. The number of amides is 1. The van der Waals surface area contributed by atoms with Crippen LogP contribution in [0.5, 0.6) is 0 Å². The summed E-state index contributed by atoms with van der Waals surface area (Å²) >= 11 is 6.04. The van der Waals surface area contributed by atoms with Crippen molar-refractivity contribution in [2.24, 2.45) is 0 Å². The second kappa shape index (κ2) is 6.99. The Bertz CT molecular complexity index is 644. The van der Waals surface area contributed by atoms with Crippen LogP contribution in [0.3, 0.4) is 0 Å². The largest absolute Gasteiger partial charge is 0.336 e. The lowest BCUT2D eigenvalue weighted by atomic mass is 10.1. The maximum atomic E-state index is 12.5. The molecule has 0 aromatic heterocycles. The molecule has 118 valence electrons. The fourth-order valence-corrected chi connectivity index (χ4v) is 3.57. The van der Waals surface area contributed by atoms with Crippen molar-refractivity contribution < 1.29 is 13.2 Å². The number of rotatable bonds is 5. The lowest BCUT2D eigenvalue weighted by Crippen LogP contribution is -2.38. The molecule has 1 aromatic carbocycles. The van der Waals surface area contributed by atoms with Crippen molar-refractivity contribution >= 4 is 37.2 Å². The summed E-state index contributed by atoms with van der Waals surface area (Å²) < 4.78 is 23.2. The van der Waals surface area contributed by atoms with Gasteiger partial charge in [0.1, 0.15) is 0 Å². The minimum atomic E-state index is -3.95. The van der Waals surface area contributed by atoms with Crippen molar-refractivity contribution in [3.05, 3.63) is 28.3 Å². The normalized spacial score (nSPS) is 13.0. The van der Waals surface area contributed by atoms with E-state index < -0.39 is 9.05 Å². The fourth-order valence-electron chi connectivity index (χ4n) is 2.07. The monoisotopic (exact) mass is 351 g/mol. The third kappa shape index (κ3) is 4.11. The van der Waals surface area contributed by atoms with Gasteiger partial charge in [-0.1, -0.05) is 18.5 Å². The summed E-state index contributed by atoms with van der Waals surface area (Å²) in [5.74, 6) is -0.254. The predicted molar refractivity (Wildman–Crippen MR) is 85.7 cm³/mol.